The minimum absolute atomic E-state index is 0.00769. The lowest BCUT2D eigenvalue weighted by Gasteiger charge is -2.23. The van der Waals surface area contributed by atoms with Gasteiger partial charge in [-0.3, -0.25) is 9.52 Å². The van der Waals surface area contributed by atoms with Crippen LogP contribution < -0.4 is 9.62 Å². The van der Waals surface area contributed by atoms with Crippen LogP contribution in [0.3, 0.4) is 0 Å². The van der Waals surface area contributed by atoms with Crippen molar-refractivity contribution in [1.82, 2.24) is 0 Å². The second-order valence-corrected chi connectivity index (χ2v) is 9.57. The van der Waals surface area contributed by atoms with Gasteiger partial charge in [-0.2, -0.15) is 0 Å². The molecule has 156 valence electrons. The standard InChI is InChI=1S/C22H27FN2O3S/c1-15-6-7-17(13-16(15)2)5-4-12-25(22(26)18-8-9-18)19-10-11-21(20(23)14-19)24-29(3,27)28/h6-7,10-11,13-14,18,24H,4-5,8-9,12H2,1-3H3. The van der Waals surface area contributed by atoms with Gasteiger partial charge in [-0.1, -0.05) is 18.2 Å². The number of hydrogen-bond donors (Lipinski definition) is 1. The van der Waals surface area contributed by atoms with E-state index in [0.29, 0.717) is 12.2 Å². The third-order valence-electron chi connectivity index (χ3n) is 5.17. The normalized spacial score (nSPS) is 13.9. The maximum absolute atomic E-state index is 14.4. The molecule has 2 aromatic rings. The lowest BCUT2D eigenvalue weighted by molar-refractivity contribution is -0.119. The molecule has 0 aromatic heterocycles. The third-order valence-corrected chi connectivity index (χ3v) is 5.76. The Morgan fingerprint density at radius 1 is 1.14 bits per heavy atom. The molecule has 0 saturated heterocycles. The average molecular weight is 419 g/mol. The van der Waals surface area contributed by atoms with E-state index in [-0.39, 0.29) is 17.5 Å². The second-order valence-electron chi connectivity index (χ2n) is 7.82. The topological polar surface area (TPSA) is 66.5 Å². The third kappa shape index (κ3) is 5.79. The van der Waals surface area contributed by atoms with Crippen LogP contribution in [0, 0.1) is 25.6 Å². The summed E-state index contributed by atoms with van der Waals surface area (Å²) in [5, 5.41) is 0. The van der Waals surface area contributed by atoms with Gasteiger partial charge >= 0.3 is 0 Å². The summed E-state index contributed by atoms with van der Waals surface area (Å²) in [4.78, 5) is 14.4. The van der Waals surface area contributed by atoms with Crippen LogP contribution in [0.25, 0.3) is 0 Å². The maximum atomic E-state index is 14.4. The zero-order chi connectivity index (χ0) is 21.2. The summed E-state index contributed by atoms with van der Waals surface area (Å²) in [7, 11) is -3.57. The summed E-state index contributed by atoms with van der Waals surface area (Å²) >= 11 is 0. The van der Waals surface area contributed by atoms with Crippen molar-refractivity contribution < 1.29 is 17.6 Å². The summed E-state index contributed by atoms with van der Waals surface area (Å²) in [6, 6.07) is 10.5. The zero-order valence-corrected chi connectivity index (χ0v) is 17.9. The molecule has 1 N–H and O–H groups in total. The first-order chi connectivity index (χ1) is 13.6. The number of aryl methyl sites for hydroxylation is 3. The van der Waals surface area contributed by atoms with Gasteiger partial charge < -0.3 is 4.90 Å². The molecule has 0 aliphatic heterocycles. The van der Waals surface area contributed by atoms with Crippen LogP contribution in [0.15, 0.2) is 36.4 Å². The first-order valence-corrected chi connectivity index (χ1v) is 11.7. The average Bonchev–Trinajstić information content (AvgIpc) is 3.47. The van der Waals surface area contributed by atoms with E-state index in [2.05, 4.69) is 36.8 Å². The number of nitrogens with one attached hydrogen (secondary N) is 1. The molecule has 1 aliphatic rings. The Balaban J connectivity index is 1.74. The number of benzene rings is 2. The van der Waals surface area contributed by atoms with Gasteiger partial charge in [0.15, 0.2) is 0 Å². The van der Waals surface area contributed by atoms with E-state index in [1.165, 1.54) is 28.8 Å². The molecule has 1 aliphatic carbocycles. The number of sulfonamides is 1. The quantitative estimate of drug-likeness (QED) is 0.699. The van der Waals surface area contributed by atoms with Gasteiger partial charge in [0.2, 0.25) is 15.9 Å². The Bertz CT molecular complexity index is 1020. The molecule has 2 aromatic carbocycles. The van der Waals surface area contributed by atoms with Crippen LogP contribution in [-0.4, -0.2) is 27.1 Å². The molecular weight excluding hydrogens is 391 g/mol. The lowest BCUT2D eigenvalue weighted by Crippen LogP contribution is -2.33. The van der Waals surface area contributed by atoms with Gasteiger partial charge in [0.25, 0.3) is 0 Å². The molecule has 0 radical (unpaired) electrons. The van der Waals surface area contributed by atoms with Gasteiger partial charge in [-0.05, 0) is 74.4 Å². The summed E-state index contributed by atoms with van der Waals surface area (Å²) in [5.74, 6) is -0.683. The molecule has 0 atom stereocenters. The highest BCUT2D eigenvalue weighted by atomic mass is 32.2. The molecule has 1 amide bonds. The highest BCUT2D eigenvalue weighted by Crippen LogP contribution is 2.34. The predicted molar refractivity (Wildman–Crippen MR) is 114 cm³/mol. The van der Waals surface area contributed by atoms with Crippen molar-refractivity contribution in [3.8, 4) is 0 Å². The van der Waals surface area contributed by atoms with Crippen molar-refractivity contribution in [1.29, 1.82) is 0 Å². The van der Waals surface area contributed by atoms with Crippen molar-refractivity contribution in [2.45, 2.75) is 39.5 Å². The maximum Gasteiger partial charge on any atom is 0.230 e. The molecule has 29 heavy (non-hydrogen) atoms. The smallest absolute Gasteiger partial charge is 0.230 e. The summed E-state index contributed by atoms with van der Waals surface area (Å²) in [5.41, 5.74) is 4.04. The van der Waals surface area contributed by atoms with Crippen molar-refractivity contribution in [2.75, 3.05) is 22.4 Å². The van der Waals surface area contributed by atoms with E-state index in [9.17, 15) is 17.6 Å². The Morgan fingerprint density at radius 2 is 1.86 bits per heavy atom. The number of nitrogens with zero attached hydrogens (tertiary/aromatic N) is 1. The number of hydrogen-bond acceptors (Lipinski definition) is 3. The van der Waals surface area contributed by atoms with E-state index in [4.69, 9.17) is 0 Å². The van der Waals surface area contributed by atoms with E-state index >= 15 is 0 Å². The van der Waals surface area contributed by atoms with E-state index in [0.717, 1.165) is 31.9 Å². The minimum Gasteiger partial charge on any atom is -0.312 e. The van der Waals surface area contributed by atoms with E-state index < -0.39 is 15.8 Å². The highest BCUT2D eigenvalue weighted by Gasteiger charge is 2.34. The molecule has 1 fully saturated rings. The Morgan fingerprint density at radius 3 is 2.45 bits per heavy atom. The molecular formula is C22H27FN2O3S. The SMILES string of the molecule is Cc1ccc(CCCN(C(=O)C2CC2)c2ccc(NS(C)(=O)=O)c(F)c2)cc1C. The van der Waals surface area contributed by atoms with Crippen molar-refractivity contribution >= 4 is 27.3 Å². The highest BCUT2D eigenvalue weighted by molar-refractivity contribution is 7.92. The molecule has 7 heteroatoms. The number of rotatable bonds is 8. The largest absolute Gasteiger partial charge is 0.312 e. The summed E-state index contributed by atoms with van der Waals surface area (Å²) in [6.45, 7) is 4.64. The fourth-order valence-corrected chi connectivity index (χ4v) is 3.84. The molecule has 3 rings (SSSR count). The first-order valence-electron chi connectivity index (χ1n) is 9.79. The Kier molecular flexibility index (Phi) is 6.27. The number of anilines is 2. The number of carbonyl (C=O) groups is 1. The van der Waals surface area contributed by atoms with E-state index in [1.807, 2.05) is 0 Å². The Hall–Kier alpha value is -2.41. The van der Waals surface area contributed by atoms with E-state index in [1.54, 1.807) is 11.0 Å². The predicted octanol–water partition coefficient (Wildman–Crippen LogP) is 4.19. The van der Waals surface area contributed by atoms with Crippen LogP contribution in [0.4, 0.5) is 15.8 Å². The summed E-state index contributed by atoms with van der Waals surface area (Å²) < 4.78 is 39.3. The second kappa shape index (κ2) is 8.53. The fraction of sp³-hybridized carbons (Fsp3) is 0.409. The minimum atomic E-state index is -3.57. The van der Waals surface area contributed by atoms with Crippen LogP contribution in [-0.2, 0) is 21.2 Å². The molecule has 0 unspecified atom stereocenters. The Labute approximate surface area is 172 Å². The summed E-state index contributed by atoms with van der Waals surface area (Å²) in [6.07, 6.45) is 4.28. The van der Waals surface area contributed by atoms with Crippen molar-refractivity contribution in [2.24, 2.45) is 5.92 Å². The monoisotopic (exact) mass is 418 g/mol. The molecule has 0 heterocycles. The van der Waals surface area contributed by atoms with Gasteiger partial charge in [0, 0.05) is 18.2 Å². The van der Waals surface area contributed by atoms with Crippen LogP contribution >= 0.6 is 0 Å². The van der Waals surface area contributed by atoms with Gasteiger partial charge in [0.05, 0.1) is 11.9 Å². The lowest BCUT2D eigenvalue weighted by atomic mass is 10.0. The zero-order valence-electron chi connectivity index (χ0n) is 17.0. The van der Waals surface area contributed by atoms with Crippen molar-refractivity contribution in [3.05, 3.63) is 58.9 Å². The van der Waals surface area contributed by atoms with Crippen LogP contribution in [0.1, 0.15) is 36.0 Å². The van der Waals surface area contributed by atoms with Gasteiger partial charge in [-0.25, -0.2) is 12.8 Å². The molecule has 0 bridgehead atoms. The molecule has 5 nitrogen and oxygen atoms in total. The number of amides is 1. The van der Waals surface area contributed by atoms with Gasteiger partial charge in [0.1, 0.15) is 5.82 Å². The number of carbonyl (C=O) groups excluding carboxylic acids is 1. The number of halogens is 1. The van der Waals surface area contributed by atoms with Crippen molar-refractivity contribution in [3.63, 3.8) is 0 Å². The van der Waals surface area contributed by atoms with Gasteiger partial charge in [-0.15, -0.1) is 0 Å². The molecule has 1 saturated carbocycles. The van der Waals surface area contributed by atoms with Crippen LogP contribution in [0.2, 0.25) is 0 Å². The fourth-order valence-electron chi connectivity index (χ4n) is 3.27. The first kappa shape index (κ1) is 21.3. The molecule has 0 spiro atoms. The van der Waals surface area contributed by atoms with Crippen LogP contribution in [0.5, 0.6) is 0 Å².